The third-order valence-electron chi connectivity index (χ3n) is 3.14. The Morgan fingerprint density at radius 2 is 1.96 bits per heavy atom. The number of ether oxygens (including phenoxy) is 1. The maximum Gasteiger partial charge on any atom is 0.243 e. The Hall–Kier alpha value is -2.21. The molecule has 1 aromatic rings. The van der Waals surface area contributed by atoms with Gasteiger partial charge < -0.3 is 20.3 Å². The van der Waals surface area contributed by atoms with Crippen molar-refractivity contribution in [2.45, 2.75) is 20.0 Å². The molecule has 0 spiro atoms. The van der Waals surface area contributed by atoms with Crippen LogP contribution in [0.15, 0.2) is 41.4 Å². The molecule has 0 aliphatic rings. The number of carbonyl (C=O) groups is 1. The Labute approximate surface area is 154 Å². The van der Waals surface area contributed by atoms with Crippen LogP contribution >= 0.6 is 11.6 Å². The van der Waals surface area contributed by atoms with Crippen LogP contribution in [0.4, 0.5) is 0 Å². The summed E-state index contributed by atoms with van der Waals surface area (Å²) in [7, 11) is 3.41. The van der Waals surface area contributed by atoms with Gasteiger partial charge in [0.15, 0.2) is 5.96 Å². The summed E-state index contributed by atoms with van der Waals surface area (Å²) in [6.45, 7) is 8.90. The molecular weight excluding hydrogens is 340 g/mol. The van der Waals surface area contributed by atoms with Gasteiger partial charge >= 0.3 is 0 Å². The molecule has 138 valence electrons. The topological polar surface area (TPSA) is 66.0 Å². The second-order valence-corrected chi connectivity index (χ2v) is 6.46. The first-order valence-electron chi connectivity index (χ1n) is 8.07. The van der Waals surface area contributed by atoms with Gasteiger partial charge in [0.2, 0.25) is 5.91 Å². The number of benzene rings is 1. The van der Waals surface area contributed by atoms with Gasteiger partial charge in [0.25, 0.3) is 0 Å². The van der Waals surface area contributed by atoms with E-state index in [1.807, 2.05) is 26.0 Å². The SMILES string of the molecule is C=C(C)CNC(=NCC(=O)N(C)C)NCC(C)Oc1ccc(Cl)cc1. The average Bonchev–Trinajstić information content (AvgIpc) is 2.55. The van der Waals surface area contributed by atoms with Crippen LogP contribution in [0.3, 0.4) is 0 Å². The Kier molecular flexibility index (Phi) is 8.84. The molecule has 1 aromatic carbocycles. The van der Waals surface area contributed by atoms with E-state index in [9.17, 15) is 4.79 Å². The predicted octanol–water partition coefficient (Wildman–Crippen LogP) is 2.31. The second kappa shape index (κ2) is 10.6. The number of amides is 1. The van der Waals surface area contributed by atoms with Crippen molar-refractivity contribution in [1.82, 2.24) is 15.5 Å². The van der Waals surface area contributed by atoms with Crippen LogP contribution in [-0.2, 0) is 4.79 Å². The molecule has 2 N–H and O–H groups in total. The summed E-state index contributed by atoms with van der Waals surface area (Å²) in [5.74, 6) is 1.22. The highest BCUT2D eigenvalue weighted by Gasteiger charge is 2.08. The van der Waals surface area contributed by atoms with Gasteiger partial charge in [0.05, 0.1) is 6.54 Å². The van der Waals surface area contributed by atoms with Crippen LogP contribution in [0, 0.1) is 0 Å². The van der Waals surface area contributed by atoms with E-state index < -0.39 is 0 Å². The van der Waals surface area contributed by atoms with Crippen molar-refractivity contribution in [3.63, 3.8) is 0 Å². The van der Waals surface area contributed by atoms with E-state index >= 15 is 0 Å². The van der Waals surface area contributed by atoms with Crippen molar-refractivity contribution in [2.24, 2.45) is 4.99 Å². The van der Waals surface area contributed by atoms with Gasteiger partial charge in [0.1, 0.15) is 18.4 Å². The number of nitrogens with one attached hydrogen (secondary N) is 2. The molecule has 1 rings (SSSR count). The van der Waals surface area contributed by atoms with Crippen LogP contribution in [-0.4, -0.2) is 56.6 Å². The Bertz CT molecular complexity index is 600. The summed E-state index contributed by atoms with van der Waals surface area (Å²) in [6, 6.07) is 7.21. The maximum atomic E-state index is 11.7. The zero-order valence-corrected chi connectivity index (χ0v) is 16.1. The number of nitrogens with zero attached hydrogens (tertiary/aromatic N) is 2. The predicted molar refractivity (Wildman–Crippen MR) is 103 cm³/mol. The van der Waals surface area contributed by atoms with Crippen LogP contribution in [0.1, 0.15) is 13.8 Å². The Morgan fingerprint density at radius 1 is 1.32 bits per heavy atom. The molecule has 6 nitrogen and oxygen atoms in total. The minimum atomic E-state index is -0.0949. The largest absolute Gasteiger partial charge is 0.489 e. The van der Waals surface area contributed by atoms with Crippen LogP contribution in [0.5, 0.6) is 5.75 Å². The van der Waals surface area contributed by atoms with Crippen molar-refractivity contribution in [3.05, 3.63) is 41.4 Å². The van der Waals surface area contributed by atoms with E-state index in [1.165, 1.54) is 4.90 Å². The summed E-state index contributed by atoms with van der Waals surface area (Å²) in [5.41, 5.74) is 0.971. The van der Waals surface area contributed by atoms with Gasteiger partial charge in [-0.2, -0.15) is 0 Å². The number of hydrogen-bond donors (Lipinski definition) is 2. The molecule has 1 unspecified atom stereocenters. The molecule has 0 saturated heterocycles. The van der Waals surface area contributed by atoms with Gasteiger partial charge in [-0.1, -0.05) is 23.8 Å². The van der Waals surface area contributed by atoms with E-state index in [2.05, 4.69) is 22.2 Å². The lowest BCUT2D eigenvalue weighted by molar-refractivity contribution is -0.127. The lowest BCUT2D eigenvalue weighted by Crippen LogP contribution is -2.43. The minimum Gasteiger partial charge on any atom is -0.489 e. The highest BCUT2D eigenvalue weighted by molar-refractivity contribution is 6.30. The smallest absolute Gasteiger partial charge is 0.243 e. The van der Waals surface area contributed by atoms with Crippen LogP contribution < -0.4 is 15.4 Å². The normalized spacial score (nSPS) is 12.3. The molecule has 0 saturated carbocycles. The molecule has 1 atom stereocenters. The quantitative estimate of drug-likeness (QED) is 0.421. The Balaban J connectivity index is 2.57. The van der Waals surface area contributed by atoms with Gasteiger partial charge in [-0.05, 0) is 38.1 Å². The zero-order chi connectivity index (χ0) is 18.8. The van der Waals surface area contributed by atoms with E-state index in [1.54, 1.807) is 26.2 Å². The molecule has 0 bridgehead atoms. The molecule has 0 fully saturated rings. The minimum absolute atomic E-state index is 0.0677. The first kappa shape index (κ1) is 20.8. The number of halogens is 1. The molecule has 1 amide bonds. The van der Waals surface area contributed by atoms with Crippen molar-refractivity contribution >= 4 is 23.5 Å². The monoisotopic (exact) mass is 366 g/mol. The summed E-state index contributed by atoms with van der Waals surface area (Å²) in [6.07, 6.45) is -0.0949. The number of likely N-dealkylation sites (N-methyl/N-ethyl adjacent to an activating group) is 1. The summed E-state index contributed by atoms with van der Waals surface area (Å²) < 4.78 is 5.81. The number of guanidine groups is 1. The number of carbonyl (C=O) groups excluding carboxylic acids is 1. The lowest BCUT2D eigenvalue weighted by Gasteiger charge is -2.18. The first-order chi connectivity index (χ1) is 11.8. The summed E-state index contributed by atoms with van der Waals surface area (Å²) in [4.78, 5) is 17.5. The highest BCUT2D eigenvalue weighted by Crippen LogP contribution is 2.16. The molecular formula is C18H27ClN4O2. The van der Waals surface area contributed by atoms with E-state index in [-0.39, 0.29) is 18.6 Å². The number of rotatable bonds is 8. The van der Waals surface area contributed by atoms with E-state index in [4.69, 9.17) is 16.3 Å². The summed E-state index contributed by atoms with van der Waals surface area (Å²) in [5, 5.41) is 6.98. The molecule has 0 aliphatic heterocycles. The van der Waals surface area contributed by atoms with Crippen molar-refractivity contribution in [3.8, 4) is 5.75 Å². The van der Waals surface area contributed by atoms with E-state index in [0.717, 1.165) is 11.3 Å². The maximum absolute atomic E-state index is 11.7. The standard InChI is InChI=1S/C18H27ClN4O2/c1-13(2)10-20-18(22-12-17(24)23(4)5)21-11-14(3)25-16-8-6-15(19)7-9-16/h6-9,14H,1,10-12H2,2-5H3,(H2,20,21,22). The third-order valence-corrected chi connectivity index (χ3v) is 3.39. The second-order valence-electron chi connectivity index (χ2n) is 6.03. The summed E-state index contributed by atoms with van der Waals surface area (Å²) >= 11 is 5.86. The molecule has 0 aliphatic carbocycles. The lowest BCUT2D eigenvalue weighted by atomic mass is 10.3. The zero-order valence-electron chi connectivity index (χ0n) is 15.3. The molecule has 25 heavy (non-hydrogen) atoms. The van der Waals surface area contributed by atoms with Gasteiger partial charge in [-0.3, -0.25) is 4.79 Å². The van der Waals surface area contributed by atoms with Crippen LogP contribution in [0.2, 0.25) is 5.02 Å². The fraction of sp³-hybridized carbons (Fsp3) is 0.444. The number of aliphatic imine (C=N–C) groups is 1. The van der Waals surface area contributed by atoms with Crippen molar-refractivity contribution in [2.75, 3.05) is 33.7 Å². The van der Waals surface area contributed by atoms with Crippen molar-refractivity contribution < 1.29 is 9.53 Å². The first-order valence-corrected chi connectivity index (χ1v) is 8.44. The van der Waals surface area contributed by atoms with Crippen molar-refractivity contribution in [1.29, 1.82) is 0 Å². The van der Waals surface area contributed by atoms with E-state index in [0.29, 0.717) is 24.1 Å². The molecule has 0 heterocycles. The number of hydrogen-bond acceptors (Lipinski definition) is 3. The van der Waals surface area contributed by atoms with Crippen LogP contribution in [0.25, 0.3) is 0 Å². The van der Waals surface area contributed by atoms with Gasteiger partial charge in [-0.25, -0.2) is 4.99 Å². The molecule has 0 radical (unpaired) electrons. The van der Waals surface area contributed by atoms with Gasteiger partial charge in [-0.15, -0.1) is 0 Å². The average molecular weight is 367 g/mol. The third kappa shape index (κ3) is 9.00. The fourth-order valence-electron chi connectivity index (χ4n) is 1.72. The van der Waals surface area contributed by atoms with Gasteiger partial charge in [0, 0.05) is 25.7 Å². The highest BCUT2D eigenvalue weighted by atomic mass is 35.5. The molecule has 0 aromatic heterocycles. The molecule has 7 heteroatoms. The Morgan fingerprint density at radius 3 is 2.52 bits per heavy atom. The fourth-order valence-corrected chi connectivity index (χ4v) is 1.85.